The molecular weight excluding hydrogens is 461 g/mol. The summed E-state index contributed by atoms with van der Waals surface area (Å²) in [6, 6.07) is -0.401. The molecule has 31 heavy (non-hydrogen) atoms. The number of allylic oxidation sites excluding steroid dienone is 1. The fraction of sp³-hybridized carbons (Fsp3) is 0.556. The monoisotopic (exact) mass is 480 g/mol. The minimum Gasteiger partial charge on any atom is -0.477 e. The van der Waals surface area contributed by atoms with Crippen molar-refractivity contribution >= 4 is 45.7 Å². The molecule has 2 aliphatic rings. The van der Waals surface area contributed by atoms with E-state index in [1.54, 1.807) is 0 Å². The Morgan fingerprint density at radius 3 is 2.65 bits per heavy atom. The molecule has 1 fully saturated rings. The van der Waals surface area contributed by atoms with Crippen LogP contribution in [0.5, 0.6) is 0 Å². The van der Waals surface area contributed by atoms with Crippen molar-refractivity contribution in [2.45, 2.75) is 44.5 Å². The van der Waals surface area contributed by atoms with Crippen LogP contribution < -0.4 is 10.2 Å². The number of rotatable bonds is 6. The predicted molar refractivity (Wildman–Crippen MR) is 109 cm³/mol. The van der Waals surface area contributed by atoms with Gasteiger partial charge in [0, 0.05) is 26.6 Å². The third-order valence-electron chi connectivity index (χ3n) is 5.12. The van der Waals surface area contributed by atoms with Crippen LogP contribution >= 0.6 is 22.9 Å². The Morgan fingerprint density at radius 2 is 2.13 bits per heavy atom. The minimum atomic E-state index is -4.87. The Kier molecular flexibility index (Phi) is 6.92. The third-order valence-corrected chi connectivity index (χ3v) is 6.58. The maximum absolute atomic E-state index is 13.1. The number of nitrogens with one attached hydrogen (secondary N) is 1. The van der Waals surface area contributed by atoms with Crippen molar-refractivity contribution in [3.05, 3.63) is 21.3 Å². The van der Waals surface area contributed by atoms with E-state index in [2.05, 4.69) is 15.3 Å². The van der Waals surface area contributed by atoms with Gasteiger partial charge in [0.05, 0.1) is 12.1 Å². The molecule has 170 valence electrons. The summed E-state index contributed by atoms with van der Waals surface area (Å²) in [6.45, 7) is 2.32. The van der Waals surface area contributed by atoms with Crippen LogP contribution in [-0.4, -0.2) is 60.0 Å². The summed E-state index contributed by atoms with van der Waals surface area (Å²) in [4.78, 5) is 32.1. The van der Waals surface area contributed by atoms with Crippen molar-refractivity contribution < 1.29 is 32.6 Å². The van der Waals surface area contributed by atoms with Gasteiger partial charge in [-0.1, -0.05) is 29.9 Å². The molecule has 0 unspecified atom stereocenters. The van der Waals surface area contributed by atoms with E-state index < -0.39 is 34.9 Å². The van der Waals surface area contributed by atoms with Gasteiger partial charge < -0.3 is 20.1 Å². The molecular formula is C18H20ClF3N4O4S. The number of carbonyl (C=O) groups excluding carboxylic acids is 1. The quantitative estimate of drug-likeness (QED) is 0.606. The number of carboxylic acid groups (broad SMARTS) is 1. The topological polar surface area (TPSA) is 104 Å². The molecule has 2 N–H and O–H groups in total. The van der Waals surface area contributed by atoms with Gasteiger partial charge in [0.15, 0.2) is 10.8 Å². The number of halogens is 4. The highest BCUT2D eigenvalue weighted by atomic mass is 35.5. The second-order valence-corrected chi connectivity index (χ2v) is 8.38. The Morgan fingerprint density at radius 1 is 1.42 bits per heavy atom. The van der Waals surface area contributed by atoms with Crippen molar-refractivity contribution in [2.75, 3.05) is 25.1 Å². The fourth-order valence-electron chi connectivity index (χ4n) is 3.44. The van der Waals surface area contributed by atoms with E-state index >= 15 is 0 Å². The molecule has 1 saturated heterocycles. The number of aliphatic imine (C=N–C) groups is 1. The van der Waals surface area contributed by atoms with Crippen molar-refractivity contribution in [1.82, 2.24) is 10.3 Å². The summed E-state index contributed by atoms with van der Waals surface area (Å²) in [5.74, 6) is -2.05. The lowest BCUT2D eigenvalue weighted by molar-refractivity contribution is -0.141. The van der Waals surface area contributed by atoms with E-state index in [1.165, 1.54) is 12.0 Å². The number of piperidine rings is 1. The van der Waals surface area contributed by atoms with Gasteiger partial charge in [-0.05, 0) is 18.4 Å². The summed E-state index contributed by atoms with van der Waals surface area (Å²) >= 11 is 6.49. The number of carbonyl (C=O) groups is 2. The van der Waals surface area contributed by atoms with Crippen molar-refractivity contribution in [1.29, 1.82) is 0 Å². The van der Waals surface area contributed by atoms with Crippen LogP contribution in [0.15, 0.2) is 15.7 Å². The summed E-state index contributed by atoms with van der Waals surface area (Å²) in [6.07, 6.45) is -3.99. The van der Waals surface area contributed by atoms with Gasteiger partial charge in [0.2, 0.25) is 0 Å². The Hall–Kier alpha value is -2.18. The van der Waals surface area contributed by atoms with Crippen LogP contribution in [0.1, 0.15) is 41.6 Å². The van der Waals surface area contributed by atoms with Gasteiger partial charge in [-0.25, -0.2) is 14.8 Å². The SMILES string of the molecule is CCC1=C(Cl)N=C(C(=O)N[C@@H]2CCN(c3nc(C(F)(F)F)c(C(=O)O)s3)C[C@@H]2OC)C1. The zero-order valence-electron chi connectivity index (χ0n) is 16.6. The molecule has 8 nitrogen and oxygen atoms in total. The zero-order valence-corrected chi connectivity index (χ0v) is 18.2. The molecule has 1 aromatic rings. The van der Waals surface area contributed by atoms with Crippen molar-refractivity contribution in [2.24, 2.45) is 4.99 Å². The first-order valence-electron chi connectivity index (χ1n) is 9.40. The Bertz CT molecular complexity index is 947. The molecule has 0 saturated carbocycles. The molecule has 0 spiro atoms. The molecule has 2 atom stereocenters. The molecule has 2 aliphatic heterocycles. The highest BCUT2D eigenvalue weighted by molar-refractivity contribution is 7.17. The van der Waals surface area contributed by atoms with E-state index in [9.17, 15) is 22.8 Å². The molecule has 0 aliphatic carbocycles. The summed E-state index contributed by atoms with van der Waals surface area (Å²) in [7, 11) is 1.43. The average molecular weight is 481 g/mol. The maximum Gasteiger partial charge on any atom is 0.435 e. The number of anilines is 1. The van der Waals surface area contributed by atoms with Gasteiger partial charge in [0.1, 0.15) is 15.7 Å². The number of amides is 1. The van der Waals surface area contributed by atoms with Gasteiger partial charge in [-0.2, -0.15) is 13.2 Å². The lowest BCUT2D eigenvalue weighted by atomic mass is 10.0. The number of ether oxygens (including phenoxy) is 1. The number of thiazole rings is 1. The summed E-state index contributed by atoms with van der Waals surface area (Å²) < 4.78 is 44.8. The molecule has 0 aromatic carbocycles. The lowest BCUT2D eigenvalue weighted by Gasteiger charge is -2.38. The van der Waals surface area contributed by atoms with E-state index in [0.717, 1.165) is 5.57 Å². The number of hydrogen-bond acceptors (Lipinski definition) is 7. The molecule has 13 heteroatoms. The lowest BCUT2D eigenvalue weighted by Crippen LogP contribution is -2.55. The Labute approximate surface area is 184 Å². The minimum absolute atomic E-state index is 0.0553. The molecule has 1 aromatic heterocycles. The van der Waals surface area contributed by atoms with E-state index in [1.807, 2.05) is 6.92 Å². The molecule has 0 radical (unpaired) electrons. The number of carboxylic acids is 1. The van der Waals surface area contributed by atoms with Gasteiger partial charge in [0.25, 0.3) is 5.91 Å². The normalized spacial score (nSPS) is 22.0. The number of methoxy groups -OCH3 is 1. The second-order valence-electron chi connectivity index (χ2n) is 7.05. The van der Waals surface area contributed by atoms with E-state index in [-0.39, 0.29) is 24.1 Å². The van der Waals surface area contributed by atoms with Gasteiger partial charge in [-0.3, -0.25) is 4.79 Å². The number of alkyl halides is 3. The van der Waals surface area contributed by atoms with Crippen molar-refractivity contribution in [3.8, 4) is 0 Å². The number of aromatic carboxylic acids is 1. The third kappa shape index (κ3) is 5.01. The zero-order chi connectivity index (χ0) is 22.9. The molecule has 3 heterocycles. The smallest absolute Gasteiger partial charge is 0.435 e. The van der Waals surface area contributed by atoms with E-state index in [0.29, 0.717) is 41.5 Å². The predicted octanol–water partition coefficient (Wildman–Crippen LogP) is 3.28. The van der Waals surface area contributed by atoms with Crippen LogP contribution in [0.3, 0.4) is 0 Å². The largest absolute Gasteiger partial charge is 0.477 e. The first-order valence-corrected chi connectivity index (χ1v) is 10.6. The number of hydrogen-bond donors (Lipinski definition) is 2. The van der Waals surface area contributed by atoms with Crippen LogP contribution in [-0.2, 0) is 15.7 Å². The maximum atomic E-state index is 13.1. The first-order chi connectivity index (χ1) is 14.5. The summed E-state index contributed by atoms with van der Waals surface area (Å²) in [5, 5.41) is 12.2. The highest BCUT2D eigenvalue weighted by Gasteiger charge is 2.41. The van der Waals surface area contributed by atoms with E-state index in [4.69, 9.17) is 21.4 Å². The van der Waals surface area contributed by atoms with Crippen molar-refractivity contribution in [3.63, 3.8) is 0 Å². The molecule has 3 rings (SSSR count). The fourth-order valence-corrected chi connectivity index (χ4v) is 4.70. The number of aromatic nitrogens is 1. The van der Waals surface area contributed by atoms with Crippen LogP contribution in [0.2, 0.25) is 0 Å². The summed E-state index contributed by atoms with van der Waals surface area (Å²) in [5.41, 5.74) is -0.233. The number of nitrogens with zero attached hydrogens (tertiary/aromatic N) is 3. The van der Waals surface area contributed by atoms with Crippen LogP contribution in [0.25, 0.3) is 0 Å². The van der Waals surface area contributed by atoms with Crippen LogP contribution in [0, 0.1) is 0 Å². The van der Waals surface area contributed by atoms with Gasteiger partial charge in [-0.15, -0.1) is 0 Å². The standard InChI is InChI=1S/C18H20ClF3N4O4S/c1-3-8-6-10(23-14(8)19)15(27)24-9-4-5-26(7-11(9)30-2)17-25-13(18(20,21)22)12(31-17)16(28)29/h9,11H,3-7H2,1-2H3,(H,24,27)(H,28,29)/t9-,11+/m1/s1. The first kappa shape index (κ1) is 23.5. The highest BCUT2D eigenvalue weighted by Crippen LogP contribution is 2.38. The molecule has 1 amide bonds. The second kappa shape index (κ2) is 9.13. The Balaban J connectivity index is 1.70. The average Bonchev–Trinajstić information content (AvgIpc) is 3.32. The van der Waals surface area contributed by atoms with Crippen LogP contribution in [0.4, 0.5) is 18.3 Å². The van der Waals surface area contributed by atoms with Gasteiger partial charge >= 0.3 is 12.1 Å². The molecule has 0 bridgehead atoms.